The third-order valence-electron chi connectivity index (χ3n) is 5.28. The van der Waals surface area contributed by atoms with Crippen molar-refractivity contribution in [2.75, 3.05) is 38.3 Å². The summed E-state index contributed by atoms with van der Waals surface area (Å²) in [5.74, 6) is 4.73. The average Bonchev–Trinajstić information content (AvgIpc) is 3.32. The highest BCUT2D eigenvalue weighted by Crippen LogP contribution is 2.32. The van der Waals surface area contributed by atoms with Crippen molar-refractivity contribution in [1.29, 1.82) is 0 Å². The maximum absolute atomic E-state index is 5.82. The average molecular weight is 443 g/mol. The topological polar surface area (TPSA) is 94.8 Å². The van der Waals surface area contributed by atoms with Crippen LogP contribution in [-0.2, 0) is 24.2 Å². The molecule has 174 valence electrons. The van der Waals surface area contributed by atoms with Gasteiger partial charge in [0.1, 0.15) is 12.4 Å². The molecular weight excluding hydrogens is 408 g/mol. The lowest BCUT2D eigenvalue weighted by atomic mass is 10.2. The zero-order valence-corrected chi connectivity index (χ0v) is 19.1. The van der Waals surface area contributed by atoms with Crippen LogP contribution in [0.5, 0.6) is 11.5 Å². The first-order valence-electron chi connectivity index (χ1n) is 11.6. The van der Waals surface area contributed by atoms with Gasteiger partial charge in [-0.05, 0) is 30.9 Å². The smallest absolute Gasteiger partial charge is 0.196 e. The summed E-state index contributed by atoms with van der Waals surface area (Å²) in [6.07, 6.45) is 3.90. The van der Waals surface area contributed by atoms with E-state index >= 15 is 0 Å². The standard InChI is InChI=1S/C23H34N6O3/c1-17(2)16-30-11-4-9-24-23(25-15-22-28-27-21-6-3-10-29(21)22)26-18-7-8-19-20(14-18)32-13-5-12-31-19/h7-8,14,17H,3-6,9-13,15-16H2,1-2H3,(H2,24,25,26). The number of fused-ring (bicyclic) bond motifs is 2. The van der Waals surface area contributed by atoms with Gasteiger partial charge in [-0.25, -0.2) is 4.99 Å². The van der Waals surface area contributed by atoms with Gasteiger partial charge in [-0.1, -0.05) is 13.8 Å². The zero-order chi connectivity index (χ0) is 22.2. The largest absolute Gasteiger partial charge is 0.490 e. The number of ether oxygens (including phenoxy) is 3. The normalized spacial score (nSPS) is 15.5. The first-order chi connectivity index (χ1) is 15.7. The fourth-order valence-corrected chi connectivity index (χ4v) is 3.69. The molecule has 9 nitrogen and oxygen atoms in total. The molecule has 0 fully saturated rings. The molecule has 0 atom stereocenters. The van der Waals surface area contributed by atoms with Crippen LogP contribution in [-0.4, -0.2) is 53.7 Å². The van der Waals surface area contributed by atoms with Gasteiger partial charge in [0, 0.05) is 50.9 Å². The second kappa shape index (κ2) is 11.2. The van der Waals surface area contributed by atoms with E-state index in [9.17, 15) is 0 Å². The van der Waals surface area contributed by atoms with E-state index in [-0.39, 0.29) is 0 Å². The number of nitrogens with zero attached hydrogens (tertiary/aromatic N) is 4. The van der Waals surface area contributed by atoms with E-state index in [1.807, 2.05) is 18.2 Å². The van der Waals surface area contributed by atoms with Crippen LogP contribution in [0.1, 0.15) is 44.8 Å². The third-order valence-corrected chi connectivity index (χ3v) is 5.28. The Morgan fingerprint density at radius 3 is 2.94 bits per heavy atom. The molecule has 2 aliphatic rings. The molecular formula is C23H34N6O3. The molecule has 0 saturated heterocycles. The van der Waals surface area contributed by atoms with Gasteiger partial charge in [0.15, 0.2) is 23.3 Å². The number of aryl methyl sites for hydroxylation is 1. The van der Waals surface area contributed by atoms with Crippen LogP contribution >= 0.6 is 0 Å². The zero-order valence-electron chi connectivity index (χ0n) is 19.1. The van der Waals surface area contributed by atoms with Gasteiger partial charge in [0.05, 0.1) is 13.2 Å². The predicted octanol–water partition coefficient (Wildman–Crippen LogP) is 3.01. The summed E-state index contributed by atoms with van der Waals surface area (Å²) >= 11 is 0. The number of hydrogen-bond donors (Lipinski definition) is 2. The number of nitrogens with one attached hydrogen (secondary N) is 2. The summed E-state index contributed by atoms with van der Waals surface area (Å²) < 4.78 is 19.4. The maximum Gasteiger partial charge on any atom is 0.196 e. The van der Waals surface area contributed by atoms with Crippen LogP contribution in [0.25, 0.3) is 0 Å². The molecule has 3 heterocycles. The fourth-order valence-electron chi connectivity index (χ4n) is 3.69. The molecule has 0 radical (unpaired) electrons. The van der Waals surface area contributed by atoms with Crippen molar-refractivity contribution in [2.24, 2.45) is 10.9 Å². The maximum atomic E-state index is 5.82. The van der Waals surface area contributed by atoms with Crippen molar-refractivity contribution >= 4 is 11.6 Å². The number of benzene rings is 1. The highest BCUT2D eigenvalue weighted by Gasteiger charge is 2.17. The Hall–Kier alpha value is -2.81. The van der Waals surface area contributed by atoms with Gasteiger partial charge in [0.25, 0.3) is 0 Å². The third kappa shape index (κ3) is 6.12. The van der Waals surface area contributed by atoms with E-state index in [4.69, 9.17) is 19.2 Å². The second-order valence-electron chi connectivity index (χ2n) is 8.54. The number of aromatic nitrogens is 3. The minimum absolute atomic E-state index is 0.469. The Morgan fingerprint density at radius 1 is 1.19 bits per heavy atom. The quantitative estimate of drug-likeness (QED) is 0.350. The molecule has 0 aliphatic carbocycles. The number of hydrogen-bond acceptors (Lipinski definition) is 6. The molecule has 2 aliphatic heterocycles. The first kappa shape index (κ1) is 22.4. The highest BCUT2D eigenvalue weighted by atomic mass is 16.5. The van der Waals surface area contributed by atoms with Crippen LogP contribution < -0.4 is 20.1 Å². The molecule has 4 rings (SSSR count). The Bertz CT molecular complexity index is 911. The minimum atomic E-state index is 0.469. The molecule has 0 bridgehead atoms. The van der Waals surface area contributed by atoms with Crippen molar-refractivity contribution < 1.29 is 14.2 Å². The number of anilines is 1. The minimum Gasteiger partial charge on any atom is -0.490 e. The van der Waals surface area contributed by atoms with Crippen molar-refractivity contribution in [3.63, 3.8) is 0 Å². The molecule has 1 aromatic carbocycles. The number of aliphatic imine (C=N–C) groups is 1. The van der Waals surface area contributed by atoms with Crippen molar-refractivity contribution in [3.05, 3.63) is 29.8 Å². The van der Waals surface area contributed by atoms with Gasteiger partial charge < -0.3 is 29.4 Å². The van der Waals surface area contributed by atoms with E-state index in [2.05, 4.69) is 39.2 Å². The Labute approximate surface area is 189 Å². The van der Waals surface area contributed by atoms with Crippen LogP contribution in [0.3, 0.4) is 0 Å². The lowest BCUT2D eigenvalue weighted by Crippen LogP contribution is -2.32. The monoisotopic (exact) mass is 442 g/mol. The summed E-state index contributed by atoms with van der Waals surface area (Å²) in [4.78, 5) is 4.77. The van der Waals surface area contributed by atoms with Crippen molar-refractivity contribution in [1.82, 2.24) is 20.1 Å². The second-order valence-corrected chi connectivity index (χ2v) is 8.54. The molecule has 1 aromatic heterocycles. The number of rotatable bonds is 9. The van der Waals surface area contributed by atoms with E-state index in [1.54, 1.807) is 0 Å². The molecule has 2 N–H and O–H groups in total. The summed E-state index contributed by atoms with van der Waals surface area (Å²) in [6, 6.07) is 5.87. The molecule has 0 saturated carbocycles. The van der Waals surface area contributed by atoms with Gasteiger partial charge in [-0.15, -0.1) is 10.2 Å². The van der Waals surface area contributed by atoms with E-state index < -0.39 is 0 Å². The molecule has 0 unspecified atom stereocenters. The Balaban J connectivity index is 1.40. The van der Waals surface area contributed by atoms with Crippen molar-refractivity contribution in [2.45, 2.75) is 52.6 Å². The summed E-state index contributed by atoms with van der Waals surface area (Å²) in [7, 11) is 0. The van der Waals surface area contributed by atoms with Gasteiger partial charge >= 0.3 is 0 Å². The molecule has 0 spiro atoms. The lowest BCUT2D eigenvalue weighted by molar-refractivity contribution is 0.108. The Kier molecular flexibility index (Phi) is 7.82. The Morgan fingerprint density at radius 2 is 2.06 bits per heavy atom. The first-order valence-corrected chi connectivity index (χ1v) is 11.6. The summed E-state index contributed by atoms with van der Waals surface area (Å²) in [5, 5.41) is 15.4. The number of guanidine groups is 1. The van der Waals surface area contributed by atoms with Crippen LogP contribution in [0, 0.1) is 5.92 Å². The van der Waals surface area contributed by atoms with Crippen LogP contribution in [0.15, 0.2) is 23.2 Å². The van der Waals surface area contributed by atoms with Gasteiger partial charge in [-0.3, -0.25) is 0 Å². The molecule has 9 heteroatoms. The highest BCUT2D eigenvalue weighted by molar-refractivity contribution is 5.93. The van der Waals surface area contributed by atoms with E-state index in [0.29, 0.717) is 31.6 Å². The molecule has 32 heavy (non-hydrogen) atoms. The SMILES string of the molecule is CC(C)COCCCNC(=NCc1nnc2n1CCC2)Nc1ccc2c(c1)OCCCO2. The predicted molar refractivity (Wildman–Crippen MR) is 123 cm³/mol. The van der Waals surface area contributed by atoms with Gasteiger partial charge in [-0.2, -0.15) is 0 Å². The molecule has 0 amide bonds. The summed E-state index contributed by atoms with van der Waals surface area (Å²) in [5.41, 5.74) is 0.892. The molecule has 2 aromatic rings. The van der Waals surface area contributed by atoms with E-state index in [1.165, 1.54) is 0 Å². The lowest BCUT2D eigenvalue weighted by Gasteiger charge is -2.15. The van der Waals surface area contributed by atoms with Crippen molar-refractivity contribution in [3.8, 4) is 11.5 Å². The van der Waals surface area contributed by atoms with E-state index in [0.717, 1.165) is 80.8 Å². The van der Waals surface area contributed by atoms with Crippen LogP contribution in [0.4, 0.5) is 5.69 Å². The van der Waals surface area contributed by atoms with Gasteiger partial charge in [0.2, 0.25) is 0 Å². The van der Waals surface area contributed by atoms with Crippen LogP contribution in [0.2, 0.25) is 0 Å². The summed E-state index contributed by atoms with van der Waals surface area (Å²) in [6.45, 7) is 9.35. The fraction of sp³-hybridized carbons (Fsp3) is 0.609.